The van der Waals surface area contributed by atoms with Crippen LogP contribution in [-0.4, -0.2) is 73.1 Å². The first-order valence-corrected chi connectivity index (χ1v) is 13.1. The molecule has 17 heteroatoms. The van der Waals surface area contributed by atoms with Crippen molar-refractivity contribution in [2.45, 2.75) is 0 Å². The first kappa shape index (κ1) is 42.5. The number of hydrogen-bond acceptors (Lipinski definition) is 12. The average molecular weight is 772 g/mol. The van der Waals surface area contributed by atoms with Crippen molar-refractivity contribution in [2.24, 2.45) is 22.9 Å². The monoisotopic (exact) mass is 772 g/mol. The molecule has 0 fully saturated rings. The van der Waals surface area contributed by atoms with E-state index in [1.807, 2.05) is 0 Å². The zero-order valence-electron chi connectivity index (χ0n) is 26.8. The molecular formula is C32H33InN8O8-6. The Morgan fingerprint density at radius 2 is 0.490 bits per heavy atom. The van der Waals surface area contributed by atoms with Crippen molar-refractivity contribution in [3.8, 4) is 0 Å². The van der Waals surface area contributed by atoms with Crippen LogP contribution in [-0.2, 0) is 0 Å². The molecule has 0 atom stereocenters. The molecule has 0 saturated heterocycles. The van der Waals surface area contributed by atoms with Crippen LogP contribution in [0.4, 0.5) is 0 Å². The fourth-order valence-electron chi connectivity index (χ4n) is 3.58. The first-order chi connectivity index (χ1) is 22.5. The first-order valence-electron chi connectivity index (χ1n) is 13.1. The van der Waals surface area contributed by atoms with Gasteiger partial charge in [0.1, 0.15) is 23.3 Å². The number of hydrogen-bond donors (Lipinski definition) is 8. The van der Waals surface area contributed by atoms with E-state index in [4.69, 9.17) is 44.6 Å². The van der Waals surface area contributed by atoms with Crippen LogP contribution in [0.25, 0.3) is 0 Å². The quantitative estimate of drug-likeness (QED) is 0.0636. The van der Waals surface area contributed by atoms with Crippen molar-refractivity contribution in [3.63, 3.8) is 0 Å². The van der Waals surface area contributed by atoms with Crippen molar-refractivity contribution in [1.82, 2.24) is 0 Å². The second-order valence-corrected chi connectivity index (χ2v) is 8.99. The van der Waals surface area contributed by atoms with E-state index in [-0.39, 0.29) is 96.5 Å². The van der Waals surface area contributed by atoms with E-state index in [1.165, 1.54) is 48.5 Å². The van der Waals surface area contributed by atoms with Crippen molar-refractivity contribution in [1.29, 1.82) is 21.6 Å². The van der Waals surface area contributed by atoms with Crippen molar-refractivity contribution >= 4 is 73.1 Å². The molecule has 258 valence electrons. The summed E-state index contributed by atoms with van der Waals surface area (Å²) in [7, 11) is 0. The van der Waals surface area contributed by atoms with Crippen LogP contribution in [0.15, 0.2) is 97.1 Å². The Labute approximate surface area is 300 Å². The molecule has 0 spiro atoms. The third kappa shape index (κ3) is 13.4. The van der Waals surface area contributed by atoms with Gasteiger partial charge in [-0.15, -0.1) is 0 Å². The summed E-state index contributed by atoms with van der Waals surface area (Å²) < 4.78 is 0. The Balaban J connectivity index is -0.000000591. The van der Waals surface area contributed by atoms with Crippen LogP contribution >= 0.6 is 0 Å². The molecule has 0 aliphatic heterocycles. The summed E-state index contributed by atoms with van der Waals surface area (Å²) in [4.78, 5) is 41.9. The predicted molar refractivity (Wildman–Crippen MR) is 179 cm³/mol. The number of carboxylic acid groups (broad SMARTS) is 4. The Hall–Kier alpha value is -6.49. The fourth-order valence-corrected chi connectivity index (χ4v) is 3.58. The van der Waals surface area contributed by atoms with Crippen LogP contribution in [0.5, 0.6) is 0 Å². The van der Waals surface area contributed by atoms with E-state index < -0.39 is 23.9 Å². The SMILES string of the molecule is N=C(N)c1ccccc1C(=O)[O-].N=C(N)c1ccccc1C(=O)[O-].N=C(N)c1ccccc1C(=O)[O-].N=C(N)c1ccccc1C(=O)[O-].[H-].[H-].[InH3]. The second kappa shape index (κ2) is 20.6. The van der Waals surface area contributed by atoms with Crippen LogP contribution in [0.3, 0.4) is 0 Å². The Kier molecular flexibility index (Phi) is 17.9. The molecule has 0 aromatic heterocycles. The van der Waals surface area contributed by atoms with Crippen molar-refractivity contribution in [2.75, 3.05) is 0 Å². The summed E-state index contributed by atoms with van der Waals surface area (Å²) in [6.45, 7) is 0. The maximum absolute atomic E-state index is 10.5. The van der Waals surface area contributed by atoms with Crippen molar-refractivity contribution < 1.29 is 42.5 Å². The van der Waals surface area contributed by atoms with Gasteiger partial charge in [0.05, 0.1) is 23.9 Å². The summed E-state index contributed by atoms with van der Waals surface area (Å²) in [6.07, 6.45) is 0. The number of carbonyl (C=O) groups excluding carboxylic acids is 4. The molecule has 12 N–H and O–H groups in total. The predicted octanol–water partition coefficient (Wildman–Crippen LogP) is -3.62. The Morgan fingerprint density at radius 3 is 0.571 bits per heavy atom. The molecule has 4 aromatic carbocycles. The number of carboxylic acids is 4. The van der Waals surface area contributed by atoms with Gasteiger partial charge in [0, 0.05) is 44.5 Å². The molecule has 4 rings (SSSR count). The molecule has 0 unspecified atom stereocenters. The maximum atomic E-state index is 10.5. The fraction of sp³-hybridized carbons (Fsp3) is 0. The van der Waals surface area contributed by atoms with Gasteiger partial charge in [0.2, 0.25) is 0 Å². The van der Waals surface area contributed by atoms with Gasteiger partial charge in [-0.1, -0.05) is 97.1 Å². The van der Waals surface area contributed by atoms with Gasteiger partial charge in [0.15, 0.2) is 0 Å². The van der Waals surface area contributed by atoms with Gasteiger partial charge in [-0.2, -0.15) is 0 Å². The molecule has 16 nitrogen and oxygen atoms in total. The van der Waals surface area contributed by atoms with Gasteiger partial charge in [-0.25, -0.2) is 0 Å². The van der Waals surface area contributed by atoms with Gasteiger partial charge < -0.3 is 65.4 Å². The molecule has 0 aliphatic carbocycles. The zero-order chi connectivity index (χ0) is 36.6. The average Bonchev–Trinajstić information content (AvgIpc) is 3.05. The van der Waals surface area contributed by atoms with Crippen LogP contribution < -0.4 is 43.4 Å². The molecule has 49 heavy (non-hydrogen) atoms. The number of carbonyl (C=O) groups is 4. The molecule has 0 saturated carbocycles. The number of amidine groups is 4. The topological polar surface area (TPSA) is 360 Å². The molecule has 0 bridgehead atoms. The number of nitrogens with two attached hydrogens (primary N) is 4. The summed E-state index contributed by atoms with van der Waals surface area (Å²) in [5, 5.41) is 70.1. The van der Waals surface area contributed by atoms with Crippen LogP contribution in [0, 0.1) is 21.6 Å². The van der Waals surface area contributed by atoms with E-state index in [1.54, 1.807) is 48.5 Å². The standard InChI is InChI=1S/4C8H8N2O2.In.5H/c4*9-7(10)5-3-1-2-4-6(5)8(11)12;;;;;;/h4*1-4H,(H3,9,10)(H,11,12);;;;;;/q;;;;;;;;2*-1/p-4. The number of nitrogens with one attached hydrogen (secondary N) is 4. The van der Waals surface area contributed by atoms with E-state index in [2.05, 4.69) is 0 Å². The summed E-state index contributed by atoms with van der Waals surface area (Å²) in [5.41, 5.74) is 21.1. The van der Waals surface area contributed by atoms with E-state index in [9.17, 15) is 39.6 Å². The summed E-state index contributed by atoms with van der Waals surface area (Å²) >= 11 is 0. The summed E-state index contributed by atoms with van der Waals surface area (Å²) in [5.74, 6) is -6.35. The van der Waals surface area contributed by atoms with Crippen LogP contribution in [0.1, 0.15) is 66.5 Å². The van der Waals surface area contributed by atoms with Gasteiger partial charge in [0.25, 0.3) is 0 Å². The number of benzene rings is 4. The number of aromatic carboxylic acids is 4. The number of nitrogen functional groups attached to an aromatic ring is 4. The Morgan fingerprint density at radius 1 is 0.367 bits per heavy atom. The third-order valence-corrected chi connectivity index (χ3v) is 5.75. The third-order valence-electron chi connectivity index (χ3n) is 5.75. The molecule has 0 aliphatic rings. The van der Waals surface area contributed by atoms with Crippen LogP contribution in [0.2, 0.25) is 0 Å². The van der Waals surface area contributed by atoms with Gasteiger partial charge in [-0.3, -0.25) is 21.6 Å². The molecule has 0 radical (unpaired) electrons. The van der Waals surface area contributed by atoms with E-state index in [0.717, 1.165) is 0 Å². The van der Waals surface area contributed by atoms with Gasteiger partial charge in [-0.05, 0) is 0 Å². The Bertz CT molecular complexity index is 1490. The number of rotatable bonds is 8. The summed E-state index contributed by atoms with van der Waals surface area (Å²) in [6, 6.07) is 23.9. The van der Waals surface area contributed by atoms with E-state index in [0.29, 0.717) is 0 Å². The normalized spacial score (nSPS) is 9.14. The van der Waals surface area contributed by atoms with Gasteiger partial charge >= 0.3 is 25.8 Å². The van der Waals surface area contributed by atoms with E-state index >= 15 is 0 Å². The second-order valence-electron chi connectivity index (χ2n) is 8.99. The zero-order valence-corrected chi connectivity index (χ0v) is 24.8. The molecule has 0 heterocycles. The minimum atomic E-state index is -1.32. The molecule has 0 amide bonds. The minimum absolute atomic E-state index is 0. The molecular weight excluding hydrogens is 739 g/mol. The molecule has 4 aromatic rings. The van der Waals surface area contributed by atoms with Crippen molar-refractivity contribution in [3.05, 3.63) is 142 Å².